The molecule has 0 saturated heterocycles. The van der Waals surface area contributed by atoms with Crippen LogP contribution in [0.3, 0.4) is 0 Å². The van der Waals surface area contributed by atoms with Crippen molar-refractivity contribution in [1.29, 1.82) is 0 Å². The highest BCUT2D eigenvalue weighted by Gasteiger charge is 2.19. The molecule has 8 heteroatoms. The third-order valence-electron chi connectivity index (χ3n) is 3.97. The van der Waals surface area contributed by atoms with Crippen LogP contribution in [0, 0.1) is 20.8 Å². The van der Waals surface area contributed by atoms with E-state index in [1.807, 2.05) is 38.3 Å². The lowest BCUT2D eigenvalue weighted by Gasteiger charge is -2.01. The molecule has 0 atom stereocenters. The van der Waals surface area contributed by atoms with Crippen molar-refractivity contribution in [3.63, 3.8) is 0 Å². The minimum atomic E-state index is -0.172. The van der Waals surface area contributed by atoms with Gasteiger partial charge in [0.15, 0.2) is 5.13 Å². The van der Waals surface area contributed by atoms with Crippen molar-refractivity contribution in [3.8, 4) is 11.3 Å². The normalized spacial score (nSPS) is 11.0. The van der Waals surface area contributed by atoms with E-state index in [9.17, 15) is 4.79 Å². The van der Waals surface area contributed by atoms with E-state index in [0.717, 1.165) is 32.7 Å². The highest BCUT2D eigenvalue weighted by molar-refractivity contribution is 7.21. The molecular weight excluding hydrogens is 366 g/mol. The number of thiophene rings is 1. The van der Waals surface area contributed by atoms with Gasteiger partial charge in [-0.05, 0) is 38.5 Å². The van der Waals surface area contributed by atoms with Gasteiger partial charge in [0, 0.05) is 34.4 Å². The molecule has 0 fully saturated rings. The molecule has 4 aromatic rings. The molecule has 0 unspecified atom stereocenters. The standard InChI is InChI=1S/C18H15N5OS2/c1-9-14-10(2)20-11(3)21-17(14)26-15(9)16(24)23-18-22-13(8-25-18)12-5-4-6-19-7-12/h4-8H,1-3H3,(H,22,23,24). The van der Waals surface area contributed by atoms with E-state index >= 15 is 0 Å². The summed E-state index contributed by atoms with van der Waals surface area (Å²) in [5.41, 5.74) is 3.52. The van der Waals surface area contributed by atoms with Crippen LogP contribution in [0.25, 0.3) is 21.5 Å². The highest BCUT2D eigenvalue weighted by Crippen LogP contribution is 2.32. The number of carbonyl (C=O) groups excluding carboxylic acids is 1. The summed E-state index contributed by atoms with van der Waals surface area (Å²) in [5.74, 6) is 0.541. The van der Waals surface area contributed by atoms with E-state index < -0.39 is 0 Å². The molecule has 1 N–H and O–H groups in total. The summed E-state index contributed by atoms with van der Waals surface area (Å²) in [4.78, 5) is 31.7. The Kier molecular flexibility index (Phi) is 4.21. The summed E-state index contributed by atoms with van der Waals surface area (Å²) < 4.78 is 0. The summed E-state index contributed by atoms with van der Waals surface area (Å²) in [6.45, 7) is 5.73. The number of nitrogens with zero attached hydrogens (tertiary/aromatic N) is 4. The van der Waals surface area contributed by atoms with Gasteiger partial charge in [-0.1, -0.05) is 0 Å². The van der Waals surface area contributed by atoms with Crippen LogP contribution in [0.1, 0.15) is 26.8 Å². The van der Waals surface area contributed by atoms with E-state index in [2.05, 4.69) is 25.3 Å². The number of aromatic nitrogens is 4. The Morgan fingerprint density at radius 2 is 2.00 bits per heavy atom. The number of pyridine rings is 1. The van der Waals surface area contributed by atoms with E-state index in [1.165, 1.54) is 22.7 Å². The van der Waals surface area contributed by atoms with E-state index in [0.29, 0.717) is 15.8 Å². The van der Waals surface area contributed by atoms with Crippen LogP contribution < -0.4 is 5.32 Å². The molecule has 4 aromatic heterocycles. The zero-order valence-corrected chi connectivity index (χ0v) is 16.0. The summed E-state index contributed by atoms with van der Waals surface area (Å²) >= 11 is 2.78. The van der Waals surface area contributed by atoms with Crippen LogP contribution in [0.2, 0.25) is 0 Å². The van der Waals surface area contributed by atoms with Crippen molar-refractivity contribution < 1.29 is 4.79 Å². The fourth-order valence-electron chi connectivity index (χ4n) is 2.82. The number of hydrogen-bond donors (Lipinski definition) is 1. The van der Waals surface area contributed by atoms with Gasteiger partial charge in [-0.15, -0.1) is 22.7 Å². The maximum atomic E-state index is 12.8. The SMILES string of the molecule is Cc1nc(C)c2c(C)c(C(=O)Nc3nc(-c4cccnc4)cs3)sc2n1. The predicted molar refractivity (Wildman–Crippen MR) is 105 cm³/mol. The molecule has 0 aliphatic heterocycles. The zero-order valence-electron chi connectivity index (χ0n) is 14.4. The summed E-state index contributed by atoms with van der Waals surface area (Å²) in [6.07, 6.45) is 3.47. The van der Waals surface area contributed by atoms with Gasteiger partial charge in [0.1, 0.15) is 10.7 Å². The van der Waals surface area contributed by atoms with Crippen LogP contribution in [0.5, 0.6) is 0 Å². The van der Waals surface area contributed by atoms with Gasteiger partial charge in [-0.3, -0.25) is 15.1 Å². The number of carbonyl (C=O) groups is 1. The molecule has 4 heterocycles. The molecule has 0 spiro atoms. The van der Waals surface area contributed by atoms with Gasteiger partial charge in [0.2, 0.25) is 0 Å². The molecule has 130 valence electrons. The van der Waals surface area contributed by atoms with Crippen molar-refractivity contribution in [2.45, 2.75) is 20.8 Å². The Bertz CT molecular complexity index is 1120. The predicted octanol–water partition coefficient (Wildman–Crippen LogP) is 4.39. The van der Waals surface area contributed by atoms with Crippen LogP contribution in [0.15, 0.2) is 29.9 Å². The first-order valence-corrected chi connectivity index (χ1v) is 9.64. The van der Waals surface area contributed by atoms with Crippen LogP contribution in [0.4, 0.5) is 5.13 Å². The summed E-state index contributed by atoms with van der Waals surface area (Å²) in [5, 5.41) is 6.32. The molecule has 6 nitrogen and oxygen atoms in total. The minimum Gasteiger partial charge on any atom is -0.297 e. The van der Waals surface area contributed by atoms with Gasteiger partial charge >= 0.3 is 0 Å². The van der Waals surface area contributed by atoms with E-state index in [4.69, 9.17) is 0 Å². The number of thiazole rings is 1. The third kappa shape index (κ3) is 2.97. The second kappa shape index (κ2) is 6.54. The number of fused-ring (bicyclic) bond motifs is 1. The number of aryl methyl sites for hydroxylation is 3. The molecule has 0 aromatic carbocycles. The molecular formula is C18H15N5OS2. The summed E-state index contributed by atoms with van der Waals surface area (Å²) in [7, 11) is 0. The van der Waals surface area contributed by atoms with Gasteiger partial charge in [-0.25, -0.2) is 15.0 Å². The van der Waals surface area contributed by atoms with Gasteiger partial charge < -0.3 is 0 Å². The Labute approximate surface area is 158 Å². The average molecular weight is 381 g/mol. The number of hydrogen-bond acceptors (Lipinski definition) is 7. The molecule has 4 rings (SSSR count). The molecule has 0 saturated carbocycles. The van der Waals surface area contributed by atoms with Gasteiger partial charge in [-0.2, -0.15) is 0 Å². The zero-order chi connectivity index (χ0) is 18.3. The molecule has 0 radical (unpaired) electrons. The number of nitrogens with one attached hydrogen (secondary N) is 1. The molecule has 1 amide bonds. The first-order chi connectivity index (χ1) is 12.5. The molecule has 0 aliphatic carbocycles. The van der Waals surface area contributed by atoms with Crippen molar-refractivity contribution in [1.82, 2.24) is 19.9 Å². The monoisotopic (exact) mass is 381 g/mol. The fourth-order valence-corrected chi connectivity index (χ4v) is 4.71. The van der Waals surface area contributed by atoms with Crippen LogP contribution in [-0.2, 0) is 0 Å². The Balaban J connectivity index is 1.63. The maximum absolute atomic E-state index is 12.8. The maximum Gasteiger partial charge on any atom is 0.267 e. The minimum absolute atomic E-state index is 0.172. The first-order valence-electron chi connectivity index (χ1n) is 7.94. The number of amides is 1. The average Bonchev–Trinajstić information content (AvgIpc) is 3.20. The second-order valence-electron chi connectivity index (χ2n) is 5.83. The van der Waals surface area contributed by atoms with Gasteiger partial charge in [0.25, 0.3) is 5.91 Å². The summed E-state index contributed by atoms with van der Waals surface area (Å²) in [6, 6.07) is 3.80. The lowest BCUT2D eigenvalue weighted by Crippen LogP contribution is -2.11. The quantitative estimate of drug-likeness (QED) is 0.569. The van der Waals surface area contributed by atoms with Crippen molar-refractivity contribution in [3.05, 3.63) is 51.9 Å². The van der Waals surface area contributed by atoms with E-state index in [1.54, 1.807) is 12.4 Å². The van der Waals surface area contributed by atoms with E-state index in [-0.39, 0.29) is 5.91 Å². The smallest absolute Gasteiger partial charge is 0.267 e. The van der Waals surface area contributed by atoms with Crippen molar-refractivity contribution in [2.24, 2.45) is 0 Å². The van der Waals surface area contributed by atoms with Gasteiger partial charge in [0.05, 0.1) is 10.6 Å². The Hall–Kier alpha value is -2.71. The number of rotatable bonds is 3. The second-order valence-corrected chi connectivity index (χ2v) is 7.68. The lowest BCUT2D eigenvalue weighted by molar-refractivity contribution is 0.103. The van der Waals surface area contributed by atoms with Crippen LogP contribution >= 0.6 is 22.7 Å². The lowest BCUT2D eigenvalue weighted by atomic mass is 10.1. The van der Waals surface area contributed by atoms with Crippen molar-refractivity contribution >= 4 is 43.9 Å². The fraction of sp³-hybridized carbons (Fsp3) is 0.167. The molecule has 0 bridgehead atoms. The third-order valence-corrected chi connectivity index (χ3v) is 5.91. The highest BCUT2D eigenvalue weighted by atomic mass is 32.1. The topological polar surface area (TPSA) is 80.7 Å². The van der Waals surface area contributed by atoms with Crippen LogP contribution in [-0.4, -0.2) is 25.8 Å². The number of anilines is 1. The van der Waals surface area contributed by atoms with Crippen molar-refractivity contribution in [2.75, 3.05) is 5.32 Å². The largest absolute Gasteiger partial charge is 0.297 e. The Morgan fingerprint density at radius 3 is 2.77 bits per heavy atom. The Morgan fingerprint density at radius 1 is 1.15 bits per heavy atom. The first kappa shape index (κ1) is 16.7. The molecule has 0 aliphatic rings. The molecule has 26 heavy (non-hydrogen) atoms.